The predicted octanol–water partition coefficient (Wildman–Crippen LogP) is 3.29. The van der Waals surface area contributed by atoms with Gasteiger partial charge in [-0.1, -0.05) is 0 Å². The van der Waals surface area contributed by atoms with Crippen LogP contribution in [0.2, 0.25) is 0 Å². The number of guanidine groups is 1. The van der Waals surface area contributed by atoms with Crippen LogP contribution in [0, 0.1) is 0 Å². The second kappa shape index (κ2) is 11.8. The van der Waals surface area contributed by atoms with Gasteiger partial charge in [-0.15, -0.1) is 24.0 Å². The summed E-state index contributed by atoms with van der Waals surface area (Å²) in [6.45, 7) is 2.36. The molecule has 2 rings (SSSR count). The summed E-state index contributed by atoms with van der Waals surface area (Å²) < 4.78 is 80.1. The van der Waals surface area contributed by atoms with Gasteiger partial charge in [0.2, 0.25) is 5.88 Å². The van der Waals surface area contributed by atoms with Crippen LogP contribution in [0.1, 0.15) is 18.9 Å². The molecule has 1 aromatic heterocycles. The van der Waals surface area contributed by atoms with Gasteiger partial charge in [0, 0.05) is 37.9 Å². The van der Waals surface area contributed by atoms with Crippen LogP contribution in [0.3, 0.4) is 0 Å². The fourth-order valence-corrected chi connectivity index (χ4v) is 2.80. The summed E-state index contributed by atoms with van der Waals surface area (Å²) in [7, 11) is 0. The number of ether oxygens (including phenoxy) is 1. The molecule has 0 spiro atoms. The van der Waals surface area contributed by atoms with Crippen LogP contribution in [0.4, 0.5) is 26.3 Å². The van der Waals surface area contributed by atoms with Crippen molar-refractivity contribution in [2.45, 2.75) is 31.7 Å². The van der Waals surface area contributed by atoms with E-state index in [9.17, 15) is 26.3 Å². The minimum atomic E-state index is -4.46. The summed E-state index contributed by atoms with van der Waals surface area (Å²) in [6.07, 6.45) is -7.43. The first kappa shape index (κ1) is 26.5. The highest BCUT2D eigenvalue weighted by atomic mass is 127. The molecule has 1 aliphatic rings. The lowest BCUT2D eigenvalue weighted by Gasteiger charge is -2.19. The molecule has 0 radical (unpaired) electrons. The number of aromatic nitrogens is 1. The van der Waals surface area contributed by atoms with E-state index in [-0.39, 0.29) is 55.6 Å². The summed E-state index contributed by atoms with van der Waals surface area (Å²) in [5.74, 6) is 0.486. The molecule has 1 aromatic rings. The van der Waals surface area contributed by atoms with Crippen molar-refractivity contribution in [2.24, 2.45) is 4.99 Å². The number of nitrogens with one attached hydrogen (secondary N) is 2. The lowest BCUT2D eigenvalue weighted by atomic mass is 10.3. The number of likely N-dealkylation sites (tertiary alicyclic amines) is 1. The van der Waals surface area contributed by atoms with Crippen molar-refractivity contribution < 1.29 is 31.1 Å². The van der Waals surface area contributed by atoms with E-state index >= 15 is 0 Å². The van der Waals surface area contributed by atoms with E-state index in [0.29, 0.717) is 31.7 Å². The van der Waals surface area contributed by atoms with Crippen molar-refractivity contribution in [3.63, 3.8) is 0 Å². The Morgan fingerprint density at radius 3 is 2.57 bits per heavy atom. The molecule has 172 valence electrons. The molecular formula is C17H24F6IN5O. The van der Waals surface area contributed by atoms with Crippen molar-refractivity contribution >= 4 is 29.9 Å². The third-order valence-electron chi connectivity index (χ3n) is 4.04. The number of aliphatic imine (C=N–C) groups is 1. The van der Waals surface area contributed by atoms with Crippen molar-refractivity contribution in [1.82, 2.24) is 20.5 Å². The number of hydrogen-bond donors (Lipinski definition) is 2. The minimum Gasteiger partial charge on any atom is -0.476 e. The van der Waals surface area contributed by atoms with Crippen LogP contribution < -0.4 is 15.4 Å². The summed E-state index contributed by atoms with van der Waals surface area (Å²) in [6, 6.07) is 1.85. The third kappa shape index (κ3) is 9.53. The van der Waals surface area contributed by atoms with Crippen molar-refractivity contribution in [2.75, 3.05) is 39.3 Å². The molecule has 0 aliphatic carbocycles. The van der Waals surface area contributed by atoms with E-state index in [4.69, 9.17) is 4.74 Å². The molecule has 13 heteroatoms. The Morgan fingerprint density at radius 1 is 1.27 bits per heavy atom. The number of nitrogens with zero attached hydrogens (tertiary/aromatic N) is 3. The molecular weight excluding hydrogens is 531 g/mol. The monoisotopic (exact) mass is 555 g/mol. The highest BCUT2D eigenvalue weighted by Gasteiger charge is 2.34. The van der Waals surface area contributed by atoms with E-state index < -0.39 is 24.5 Å². The lowest BCUT2D eigenvalue weighted by Crippen LogP contribution is -2.45. The number of hydrogen-bond acceptors (Lipinski definition) is 4. The normalized spacial score (nSPS) is 18.1. The molecule has 0 saturated carbocycles. The van der Waals surface area contributed by atoms with Gasteiger partial charge in [-0.2, -0.15) is 26.3 Å². The standard InChI is InChI=1S/C17H23F6N5O.HI/c1-2-24-15(27-13-5-7-28(10-13)11-16(18,19)20)25-6-8-29-14-4-3-12(9-26-14)17(21,22)23;/h3-4,9,13H,2,5-8,10-11H2,1H3,(H2,24,25,27);1H. The Balaban J connectivity index is 0.00000450. The maximum Gasteiger partial charge on any atom is 0.417 e. The molecule has 1 aliphatic heterocycles. The Hall–Kier alpha value is -1.51. The van der Waals surface area contributed by atoms with Crippen molar-refractivity contribution in [3.8, 4) is 5.88 Å². The first-order valence-corrected chi connectivity index (χ1v) is 9.07. The molecule has 30 heavy (non-hydrogen) atoms. The van der Waals surface area contributed by atoms with Crippen LogP contribution >= 0.6 is 24.0 Å². The zero-order chi connectivity index (χ0) is 21.5. The van der Waals surface area contributed by atoms with Crippen LogP contribution in [0.5, 0.6) is 5.88 Å². The zero-order valence-corrected chi connectivity index (χ0v) is 18.5. The number of rotatable bonds is 7. The molecule has 0 amide bonds. The maximum absolute atomic E-state index is 12.5. The van der Waals surface area contributed by atoms with E-state index in [1.54, 1.807) is 0 Å². The Bertz CT molecular complexity index is 668. The predicted molar refractivity (Wildman–Crippen MR) is 110 cm³/mol. The Labute approximate surface area is 187 Å². The molecule has 1 fully saturated rings. The van der Waals surface area contributed by atoms with Gasteiger partial charge >= 0.3 is 12.4 Å². The average molecular weight is 555 g/mol. The highest BCUT2D eigenvalue weighted by molar-refractivity contribution is 14.0. The summed E-state index contributed by atoms with van der Waals surface area (Å²) in [4.78, 5) is 9.20. The second-order valence-corrected chi connectivity index (χ2v) is 6.47. The van der Waals surface area contributed by atoms with E-state index in [1.807, 2.05) is 6.92 Å². The summed E-state index contributed by atoms with van der Waals surface area (Å²) in [5, 5.41) is 6.09. The smallest absolute Gasteiger partial charge is 0.417 e. The summed E-state index contributed by atoms with van der Waals surface area (Å²) in [5.41, 5.74) is -0.863. The van der Waals surface area contributed by atoms with Gasteiger partial charge < -0.3 is 15.4 Å². The van der Waals surface area contributed by atoms with Crippen molar-refractivity contribution in [1.29, 1.82) is 0 Å². The van der Waals surface area contributed by atoms with Crippen LogP contribution in [-0.4, -0.2) is 67.4 Å². The quantitative estimate of drug-likeness (QED) is 0.178. The molecule has 0 aromatic carbocycles. The van der Waals surface area contributed by atoms with Crippen molar-refractivity contribution in [3.05, 3.63) is 23.9 Å². The van der Waals surface area contributed by atoms with E-state index in [1.165, 1.54) is 4.90 Å². The van der Waals surface area contributed by atoms with Gasteiger partial charge in [-0.25, -0.2) is 9.98 Å². The largest absolute Gasteiger partial charge is 0.476 e. The molecule has 1 atom stereocenters. The average Bonchev–Trinajstić information content (AvgIpc) is 3.03. The molecule has 6 nitrogen and oxygen atoms in total. The van der Waals surface area contributed by atoms with E-state index in [2.05, 4.69) is 20.6 Å². The van der Waals surface area contributed by atoms with Gasteiger partial charge in [0.15, 0.2) is 5.96 Å². The Kier molecular flexibility index (Phi) is 10.4. The topological polar surface area (TPSA) is 61.8 Å². The van der Waals surface area contributed by atoms with Crippen LogP contribution in [0.25, 0.3) is 0 Å². The zero-order valence-electron chi connectivity index (χ0n) is 16.2. The lowest BCUT2D eigenvalue weighted by molar-refractivity contribution is -0.143. The molecule has 2 heterocycles. The van der Waals surface area contributed by atoms with Gasteiger partial charge in [0.25, 0.3) is 0 Å². The van der Waals surface area contributed by atoms with Gasteiger partial charge in [-0.3, -0.25) is 4.90 Å². The van der Waals surface area contributed by atoms with Crippen LogP contribution in [-0.2, 0) is 6.18 Å². The van der Waals surface area contributed by atoms with Gasteiger partial charge in [0.05, 0.1) is 18.7 Å². The fourth-order valence-electron chi connectivity index (χ4n) is 2.80. The minimum absolute atomic E-state index is 0. The van der Waals surface area contributed by atoms with Gasteiger partial charge in [0.1, 0.15) is 6.61 Å². The molecule has 2 N–H and O–H groups in total. The fraction of sp³-hybridized carbons (Fsp3) is 0.647. The molecule has 1 unspecified atom stereocenters. The highest BCUT2D eigenvalue weighted by Crippen LogP contribution is 2.29. The third-order valence-corrected chi connectivity index (χ3v) is 4.04. The first-order chi connectivity index (χ1) is 13.6. The Morgan fingerprint density at radius 2 is 2.00 bits per heavy atom. The number of alkyl halides is 6. The van der Waals surface area contributed by atoms with E-state index in [0.717, 1.165) is 12.1 Å². The SMILES string of the molecule is CCNC(=NCCOc1ccc(C(F)(F)F)cn1)NC1CCN(CC(F)(F)F)C1.I. The number of halogens is 7. The molecule has 0 bridgehead atoms. The summed E-state index contributed by atoms with van der Waals surface area (Å²) >= 11 is 0. The molecule has 1 saturated heterocycles. The maximum atomic E-state index is 12.5. The second-order valence-electron chi connectivity index (χ2n) is 6.47. The van der Waals surface area contributed by atoms with Gasteiger partial charge in [-0.05, 0) is 19.4 Å². The number of pyridine rings is 1. The first-order valence-electron chi connectivity index (χ1n) is 9.07. The van der Waals surface area contributed by atoms with Crippen LogP contribution in [0.15, 0.2) is 23.3 Å².